The highest BCUT2D eigenvalue weighted by Gasteiger charge is 2.31. The first-order chi connectivity index (χ1) is 20.3. The van der Waals surface area contributed by atoms with E-state index in [1.807, 2.05) is 24.3 Å². The Morgan fingerprint density at radius 1 is 0.786 bits per heavy atom. The summed E-state index contributed by atoms with van der Waals surface area (Å²) in [5.74, 6) is 2.15. The zero-order chi connectivity index (χ0) is 29.5. The molecule has 0 spiro atoms. The third-order valence-electron chi connectivity index (χ3n) is 6.79. The Morgan fingerprint density at radius 2 is 1.40 bits per heavy atom. The van der Waals surface area contributed by atoms with Gasteiger partial charge in [0, 0.05) is 29.4 Å². The summed E-state index contributed by atoms with van der Waals surface area (Å²) in [7, 11) is 3.08. The molecule has 0 aliphatic carbocycles. The van der Waals surface area contributed by atoms with Crippen LogP contribution in [0.5, 0.6) is 23.0 Å². The van der Waals surface area contributed by atoms with E-state index in [0.29, 0.717) is 40.5 Å². The van der Waals surface area contributed by atoms with Crippen LogP contribution in [0, 0.1) is 0 Å². The largest absolute Gasteiger partial charge is 0.573 e. The van der Waals surface area contributed by atoms with Crippen molar-refractivity contribution in [1.29, 1.82) is 0 Å². The smallest absolute Gasteiger partial charge is 0.493 e. The Hall–Kier alpha value is -4.45. The molecule has 1 fully saturated rings. The second-order valence-corrected chi connectivity index (χ2v) is 9.72. The molecule has 2 N–H and O–H groups in total. The van der Waals surface area contributed by atoms with Crippen molar-refractivity contribution in [3.05, 3.63) is 60.7 Å². The number of halogens is 3. The predicted molar refractivity (Wildman–Crippen MR) is 155 cm³/mol. The number of anilines is 4. The van der Waals surface area contributed by atoms with Gasteiger partial charge in [0.15, 0.2) is 11.5 Å². The summed E-state index contributed by atoms with van der Waals surface area (Å²) in [5, 5.41) is 7.05. The zero-order valence-corrected chi connectivity index (χ0v) is 23.3. The fourth-order valence-electron chi connectivity index (χ4n) is 4.72. The summed E-state index contributed by atoms with van der Waals surface area (Å²) in [6, 6.07) is 16.4. The van der Waals surface area contributed by atoms with Crippen LogP contribution in [-0.2, 0) is 0 Å². The van der Waals surface area contributed by atoms with Crippen LogP contribution in [0.2, 0.25) is 0 Å². The number of likely N-dealkylation sites (tertiary alicyclic amines) is 1. The van der Waals surface area contributed by atoms with E-state index in [1.165, 1.54) is 50.6 Å². The molecular formula is C30H32F3N5O4. The molecule has 0 atom stereocenters. The van der Waals surface area contributed by atoms with Gasteiger partial charge in [0.1, 0.15) is 23.9 Å². The van der Waals surface area contributed by atoms with Crippen molar-refractivity contribution in [2.24, 2.45) is 0 Å². The number of nitrogens with one attached hydrogen (secondary N) is 2. The maximum Gasteiger partial charge on any atom is 0.573 e. The van der Waals surface area contributed by atoms with Gasteiger partial charge in [-0.3, -0.25) is 4.90 Å². The first-order valence-electron chi connectivity index (χ1n) is 13.6. The van der Waals surface area contributed by atoms with Crippen molar-refractivity contribution in [2.75, 3.05) is 51.1 Å². The molecule has 1 saturated heterocycles. The van der Waals surface area contributed by atoms with Crippen LogP contribution in [0.1, 0.15) is 19.3 Å². The van der Waals surface area contributed by atoms with Gasteiger partial charge in [0.2, 0.25) is 5.95 Å². The molecular weight excluding hydrogens is 551 g/mol. The Morgan fingerprint density at radius 3 is 2.05 bits per heavy atom. The molecule has 222 valence electrons. The normalized spacial score (nSPS) is 13.9. The average Bonchev–Trinajstić information content (AvgIpc) is 2.98. The van der Waals surface area contributed by atoms with Crippen molar-refractivity contribution in [3.8, 4) is 23.0 Å². The molecule has 0 unspecified atom stereocenters. The van der Waals surface area contributed by atoms with Gasteiger partial charge < -0.3 is 29.6 Å². The SMILES string of the molecule is COc1cc2nc(Nc3ccc(OC(F)(F)F)cc3)nc(Nc3ccc(OCCN4CCCCC4)cc3)c2cc1OC. The van der Waals surface area contributed by atoms with Crippen molar-refractivity contribution < 1.29 is 32.1 Å². The Labute approximate surface area is 241 Å². The summed E-state index contributed by atoms with van der Waals surface area (Å²) >= 11 is 0. The van der Waals surface area contributed by atoms with Gasteiger partial charge in [-0.2, -0.15) is 4.98 Å². The Kier molecular flexibility index (Phi) is 9.01. The highest BCUT2D eigenvalue weighted by molar-refractivity contribution is 5.94. The summed E-state index contributed by atoms with van der Waals surface area (Å²) in [5.41, 5.74) is 1.80. The van der Waals surface area contributed by atoms with E-state index in [2.05, 4.69) is 30.2 Å². The lowest BCUT2D eigenvalue weighted by atomic mass is 10.1. The molecule has 12 heteroatoms. The van der Waals surface area contributed by atoms with E-state index in [9.17, 15) is 13.2 Å². The lowest BCUT2D eigenvalue weighted by molar-refractivity contribution is -0.274. The minimum Gasteiger partial charge on any atom is -0.493 e. The van der Waals surface area contributed by atoms with Gasteiger partial charge >= 0.3 is 6.36 Å². The Balaban J connectivity index is 1.35. The van der Waals surface area contributed by atoms with E-state index in [-0.39, 0.29) is 11.7 Å². The molecule has 1 aliphatic heterocycles. The summed E-state index contributed by atoms with van der Waals surface area (Å²) in [6.07, 6.45) is -0.970. The van der Waals surface area contributed by atoms with Crippen molar-refractivity contribution in [1.82, 2.24) is 14.9 Å². The highest BCUT2D eigenvalue weighted by atomic mass is 19.4. The number of benzene rings is 3. The number of hydrogen-bond acceptors (Lipinski definition) is 9. The van der Waals surface area contributed by atoms with Gasteiger partial charge in [0.05, 0.1) is 19.7 Å². The maximum atomic E-state index is 12.5. The number of rotatable bonds is 11. The van der Waals surface area contributed by atoms with Crippen LogP contribution in [0.15, 0.2) is 60.7 Å². The number of aromatic nitrogens is 2. The van der Waals surface area contributed by atoms with Crippen molar-refractivity contribution in [3.63, 3.8) is 0 Å². The van der Waals surface area contributed by atoms with Crippen LogP contribution in [-0.4, -0.2) is 61.7 Å². The fourth-order valence-corrected chi connectivity index (χ4v) is 4.72. The van der Waals surface area contributed by atoms with Crippen LogP contribution in [0.4, 0.5) is 36.3 Å². The third-order valence-corrected chi connectivity index (χ3v) is 6.79. The van der Waals surface area contributed by atoms with Gasteiger partial charge in [0.25, 0.3) is 0 Å². The molecule has 0 bridgehead atoms. The monoisotopic (exact) mass is 583 g/mol. The van der Waals surface area contributed by atoms with Crippen molar-refractivity contribution in [2.45, 2.75) is 25.6 Å². The lowest BCUT2D eigenvalue weighted by Crippen LogP contribution is -2.33. The molecule has 5 rings (SSSR count). The van der Waals surface area contributed by atoms with Gasteiger partial charge in [-0.15, -0.1) is 13.2 Å². The van der Waals surface area contributed by atoms with E-state index in [1.54, 1.807) is 19.2 Å². The standard InChI is InChI=1S/C30H32F3N5O4/c1-39-26-18-24-25(19-27(26)40-2)36-29(35-21-8-12-23(13-9-21)42-30(31,32)33)37-28(24)34-20-6-10-22(11-7-20)41-17-16-38-14-4-3-5-15-38/h6-13,18-19H,3-5,14-17H2,1-2H3,(H2,34,35,36,37). The lowest BCUT2D eigenvalue weighted by Gasteiger charge is -2.26. The third kappa shape index (κ3) is 7.64. The molecule has 1 aliphatic rings. The van der Waals surface area contributed by atoms with E-state index < -0.39 is 6.36 Å². The number of nitrogens with zero attached hydrogens (tertiary/aromatic N) is 3. The van der Waals surface area contributed by atoms with Crippen LogP contribution < -0.4 is 29.6 Å². The number of piperidine rings is 1. The molecule has 2 heterocycles. The molecule has 0 saturated carbocycles. The number of hydrogen-bond donors (Lipinski definition) is 2. The summed E-state index contributed by atoms with van der Waals surface area (Å²) in [6.45, 7) is 3.80. The fraction of sp³-hybridized carbons (Fsp3) is 0.333. The molecule has 0 radical (unpaired) electrons. The zero-order valence-electron chi connectivity index (χ0n) is 23.3. The van der Waals surface area contributed by atoms with Crippen LogP contribution >= 0.6 is 0 Å². The average molecular weight is 584 g/mol. The summed E-state index contributed by atoms with van der Waals surface area (Å²) in [4.78, 5) is 11.7. The maximum absolute atomic E-state index is 12.5. The number of alkyl halides is 3. The molecule has 9 nitrogen and oxygen atoms in total. The van der Waals surface area contributed by atoms with Gasteiger partial charge in [-0.25, -0.2) is 4.98 Å². The minimum atomic E-state index is -4.77. The second kappa shape index (κ2) is 13.0. The number of methoxy groups -OCH3 is 2. The first-order valence-corrected chi connectivity index (χ1v) is 13.6. The molecule has 3 aromatic carbocycles. The van der Waals surface area contributed by atoms with Crippen molar-refractivity contribution >= 4 is 34.0 Å². The van der Waals surface area contributed by atoms with E-state index >= 15 is 0 Å². The molecule has 0 amide bonds. The number of ether oxygens (including phenoxy) is 4. The van der Waals surface area contributed by atoms with E-state index in [0.717, 1.165) is 31.1 Å². The van der Waals surface area contributed by atoms with Gasteiger partial charge in [-0.1, -0.05) is 6.42 Å². The first kappa shape index (κ1) is 29.1. The molecule has 42 heavy (non-hydrogen) atoms. The predicted octanol–water partition coefficient (Wildman–Crippen LogP) is 6.90. The molecule has 1 aromatic heterocycles. The van der Waals surface area contributed by atoms with Crippen LogP contribution in [0.25, 0.3) is 10.9 Å². The molecule has 4 aromatic rings. The minimum absolute atomic E-state index is 0.222. The van der Waals surface area contributed by atoms with Gasteiger partial charge in [-0.05, 0) is 80.5 Å². The Bertz CT molecular complexity index is 1480. The van der Waals surface area contributed by atoms with Crippen LogP contribution in [0.3, 0.4) is 0 Å². The summed E-state index contributed by atoms with van der Waals surface area (Å²) < 4.78 is 58.4. The topological polar surface area (TPSA) is 90.0 Å². The number of fused-ring (bicyclic) bond motifs is 1. The second-order valence-electron chi connectivity index (χ2n) is 9.72. The highest BCUT2D eigenvalue weighted by Crippen LogP contribution is 2.36. The quantitative estimate of drug-likeness (QED) is 0.196. The van der Waals surface area contributed by atoms with E-state index in [4.69, 9.17) is 14.2 Å².